The second kappa shape index (κ2) is 8.62. The number of nitrogens with one attached hydrogen (secondary N) is 1. The molecule has 2 unspecified atom stereocenters. The van der Waals surface area contributed by atoms with Crippen molar-refractivity contribution < 1.29 is 13.7 Å². The van der Waals surface area contributed by atoms with E-state index in [0.29, 0.717) is 29.8 Å². The fraction of sp³-hybridized carbons (Fsp3) is 0.333. The number of H-pyrrole nitrogens is 1. The summed E-state index contributed by atoms with van der Waals surface area (Å²) in [6.07, 6.45) is 2.39. The number of rotatable bonds is 8. The van der Waals surface area contributed by atoms with Crippen LogP contribution in [-0.2, 0) is 15.5 Å². The number of ether oxygens (including phenoxy) is 2. The van der Waals surface area contributed by atoms with Crippen LogP contribution in [0, 0.1) is 6.92 Å². The monoisotopic (exact) mass is 393 g/mol. The lowest BCUT2D eigenvalue weighted by molar-refractivity contribution is 0.172. The van der Waals surface area contributed by atoms with E-state index in [4.69, 9.17) is 21.1 Å². The molecular formula is C18H20ClN3O3S. The molecule has 2 heterocycles. The molecule has 3 aromatic rings. The molecule has 0 radical (unpaired) electrons. The minimum Gasteiger partial charge on any atom is -0.493 e. The van der Waals surface area contributed by atoms with Gasteiger partial charge in [-0.1, -0.05) is 12.1 Å². The standard InChI is InChI=1S/C18H20ClN3O3S/c1-12-15(25-11-5-10-24-2)8-9-20-16(12)17(19)26(23)18-21-13-6-3-4-7-14(13)22-18/h3-4,6-9,17H,5,10-11H2,1-2H3,(H,21,22). The van der Waals surface area contributed by atoms with Crippen LogP contribution in [0.15, 0.2) is 41.7 Å². The minimum atomic E-state index is -1.58. The van der Waals surface area contributed by atoms with Crippen molar-refractivity contribution in [3.63, 3.8) is 0 Å². The number of para-hydroxylation sites is 2. The van der Waals surface area contributed by atoms with Crippen molar-refractivity contribution in [2.75, 3.05) is 20.3 Å². The van der Waals surface area contributed by atoms with Gasteiger partial charge in [-0.15, -0.1) is 11.6 Å². The molecule has 8 heteroatoms. The van der Waals surface area contributed by atoms with Crippen LogP contribution < -0.4 is 4.74 Å². The molecule has 2 atom stereocenters. The third-order valence-corrected chi connectivity index (χ3v) is 5.77. The summed E-state index contributed by atoms with van der Waals surface area (Å²) in [5, 5.41) is 0.332. The highest BCUT2D eigenvalue weighted by atomic mass is 35.5. The van der Waals surface area contributed by atoms with Crippen molar-refractivity contribution in [1.29, 1.82) is 0 Å². The van der Waals surface area contributed by atoms with E-state index in [1.807, 2.05) is 31.2 Å². The van der Waals surface area contributed by atoms with E-state index in [2.05, 4.69) is 15.0 Å². The quantitative estimate of drug-likeness (QED) is 0.466. The maximum atomic E-state index is 12.9. The van der Waals surface area contributed by atoms with Crippen molar-refractivity contribution in [2.45, 2.75) is 23.2 Å². The van der Waals surface area contributed by atoms with Gasteiger partial charge in [0.1, 0.15) is 16.5 Å². The highest BCUT2D eigenvalue weighted by Crippen LogP contribution is 2.32. The molecule has 0 spiro atoms. The molecule has 26 heavy (non-hydrogen) atoms. The molecule has 1 N–H and O–H groups in total. The Morgan fingerprint density at radius 3 is 2.85 bits per heavy atom. The van der Waals surface area contributed by atoms with Crippen LogP contribution in [0.1, 0.15) is 22.4 Å². The summed E-state index contributed by atoms with van der Waals surface area (Å²) in [5.41, 5.74) is 2.86. The van der Waals surface area contributed by atoms with Gasteiger partial charge >= 0.3 is 0 Å². The van der Waals surface area contributed by atoms with Gasteiger partial charge in [-0.25, -0.2) is 9.19 Å². The van der Waals surface area contributed by atoms with Crippen LogP contribution in [0.25, 0.3) is 11.0 Å². The number of nitrogens with zero attached hydrogens (tertiary/aromatic N) is 2. The van der Waals surface area contributed by atoms with Crippen LogP contribution in [0.5, 0.6) is 5.75 Å². The molecule has 3 rings (SSSR count). The first-order valence-corrected chi connectivity index (χ1v) is 9.83. The summed E-state index contributed by atoms with van der Waals surface area (Å²) in [7, 11) is 0.0756. The molecule has 0 bridgehead atoms. The number of fused-ring (bicyclic) bond motifs is 1. The SMILES string of the molecule is COCCCOc1ccnc(C(Cl)S(=O)c2nc3ccccc3[nH]2)c1C. The van der Waals surface area contributed by atoms with Crippen molar-refractivity contribution in [3.8, 4) is 5.75 Å². The van der Waals surface area contributed by atoms with Gasteiger partial charge in [0.05, 0.1) is 23.3 Å². The van der Waals surface area contributed by atoms with Gasteiger partial charge in [0.15, 0.2) is 9.87 Å². The number of benzene rings is 1. The van der Waals surface area contributed by atoms with E-state index in [1.165, 1.54) is 0 Å². The summed E-state index contributed by atoms with van der Waals surface area (Å²) in [6, 6.07) is 9.28. The largest absolute Gasteiger partial charge is 0.493 e. The normalized spacial score (nSPS) is 13.7. The first-order chi connectivity index (χ1) is 12.6. The van der Waals surface area contributed by atoms with Gasteiger partial charge in [0.25, 0.3) is 0 Å². The number of halogens is 1. The van der Waals surface area contributed by atoms with E-state index < -0.39 is 15.5 Å². The summed E-state index contributed by atoms with van der Waals surface area (Å²) in [4.78, 5) is 11.7. The Balaban J connectivity index is 1.80. The molecule has 0 saturated heterocycles. The minimum absolute atomic E-state index is 0.332. The second-order valence-corrected chi connectivity index (χ2v) is 7.83. The predicted octanol–water partition coefficient (Wildman–Crippen LogP) is 3.73. The van der Waals surface area contributed by atoms with Crippen LogP contribution in [-0.4, -0.2) is 39.5 Å². The summed E-state index contributed by atoms with van der Waals surface area (Å²) < 4.78 is 22.8. The van der Waals surface area contributed by atoms with Gasteiger partial charge in [-0.2, -0.15) is 0 Å². The topological polar surface area (TPSA) is 77.1 Å². The number of pyridine rings is 1. The van der Waals surface area contributed by atoms with Crippen LogP contribution in [0.2, 0.25) is 0 Å². The Hall–Kier alpha value is -1.96. The third kappa shape index (κ3) is 4.06. The Bertz CT molecular complexity index is 883. The summed E-state index contributed by atoms with van der Waals surface area (Å²) in [5.74, 6) is 0.679. The van der Waals surface area contributed by atoms with E-state index in [0.717, 1.165) is 23.0 Å². The smallest absolute Gasteiger partial charge is 0.199 e. The van der Waals surface area contributed by atoms with Crippen LogP contribution >= 0.6 is 11.6 Å². The molecule has 2 aromatic heterocycles. The van der Waals surface area contributed by atoms with Crippen molar-refractivity contribution >= 4 is 33.4 Å². The number of aromatic nitrogens is 3. The lowest BCUT2D eigenvalue weighted by Crippen LogP contribution is -2.09. The zero-order chi connectivity index (χ0) is 18.5. The van der Waals surface area contributed by atoms with Crippen LogP contribution in [0.4, 0.5) is 0 Å². The summed E-state index contributed by atoms with van der Waals surface area (Å²) >= 11 is 6.48. The molecule has 6 nitrogen and oxygen atoms in total. The van der Waals surface area contributed by atoms with Gasteiger partial charge in [0, 0.05) is 31.9 Å². The van der Waals surface area contributed by atoms with E-state index >= 15 is 0 Å². The number of imidazole rings is 1. The Labute approximate surface area is 159 Å². The third-order valence-electron chi connectivity index (χ3n) is 3.90. The highest BCUT2D eigenvalue weighted by molar-refractivity contribution is 7.86. The zero-order valence-corrected chi connectivity index (χ0v) is 16.1. The molecule has 0 aliphatic carbocycles. The summed E-state index contributed by atoms with van der Waals surface area (Å²) in [6.45, 7) is 3.02. The molecule has 1 aromatic carbocycles. The lowest BCUT2D eigenvalue weighted by Gasteiger charge is -2.14. The first-order valence-electron chi connectivity index (χ1n) is 8.18. The molecule has 138 valence electrons. The fourth-order valence-electron chi connectivity index (χ4n) is 2.53. The van der Waals surface area contributed by atoms with E-state index in [-0.39, 0.29) is 0 Å². The Morgan fingerprint density at radius 1 is 1.27 bits per heavy atom. The number of methoxy groups -OCH3 is 1. The average Bonchev–Trinajstić information content (AvgIpc) is 3.09. The lowest BCUT2D eigenvalue weighted by atomic mass is 10.2. The predicted molar refractivity (Wildman–Crippen MR) is 102 cm³/mol. The molecule has 0 saturated carbocycles. The second-order valence-electron chi connectivity index (χ2n) is 5.69. The van der Waals surface area contributed by atoms with Gasteiger partial charge in [0.2, 0.25) is 0 Å². The van der Waals surface area contributed by atoms with Crippen molar-refractivity contribution in [1.82, 2.24) is 15.0 Å². The molecule has 0 aliphatic rings. The number of alkyl halides is 1. The maximum absolute atomic E-state index is 12.9. The van der Waals surface area contributed by atoms with Crippen LogP contribution in [0.3, 0.4) is 0 Å². The van der Waals surface area contributed by atoms with Gasteiger partial charge in [-0.05, 0) is 25.1 Å². The number of aromatic amines is 1. The number of hydrogen-bond acceptors (Lipinski definition) is 5. The molecule has 0 aliphatic heterocycles. The molecular weight excluding hydrogens is 374 g/mol. The van der Waals surface area contributed by atoms with Crippen molar-refractivity contribution in [3.05, 3.63) is 47.8 Å². The average molecular weight is 394 g/mol. The van der Waals surface area contributed by atoms with E-state index in [9.17, 15) is 4.21 Å². The van der Waals surface area contributed by atoms with E-state index in [1.54, 1.807) is 19.4 Å². The van der Waals surface area contributed by atoms with Gasteiger partial charge < -0.3 is 14.5 Å². The highest BCUT2D eigenvalue weighted by Gasteiger charge is 2.25. The zero-order valence-electron chi connectivity index (χ0n) is 14.6. The fourth-order valence-corrected chi connectivity index (χ4v) is 4.04. The van der Waals surface area contributed by atoms with Gasteiger partial charge in [-0.3, -0.25) is 4.98 Å². The Morgan fingerprint density at radius 2 is 2.08 bits per heavy atom. The maximum Gasteiger partial charge on any atom is 0.199 e. The molecule has 0 fully saturated rings. The number of hydrogen-bond donors (Lipinski definition) is 1. The van der Waals surface area contributed by atoms with Crippen molar-refractivity contribution in [2.24, 2.45) is 0 Å². The molecule has 0 amide bonds. The first kappa shape index (κ1) is 18.8. The Kier molecular flexibility index (Phi) is 6.24.